The Hall–Kier alpha value is -2.11. The van der Waals surface area contributed by atoms with Crippen molar-refractivity contribution < 1.29 is 9.53 Å². The Labute approximate surface area is 154 Å². The van der Waals surface area contributed by atoms with Crippen molar-refractivity contribution in [3.63, 3.8) is 0 Å². The molecule has 1 aliphatic rings. The van der Waals surface area contributed by atoms with Crippen LogP contribution in [0.4, 0.5) is 5.69 Å². The van der Waals surface area contributed by atoms with Crippen LogP contribution >= 0.6 is 22.9 Å². The minimum Gasteiger partial charge on any atom is -0.465 e. The normalized spacial score (nSPS) is 13.7. The van der Waals surface area contributed by atoms with Gasteiger partial charge in [-0.3, -0.25) is 0 Å². The predicted molar refractivity (Wildman–Crippen MR) is 102 cm³/mol. The predicted octanol–water partition coefficient (Wildman–Crippen LogP) is 4.86. The third kappa shape index (κ3) is 2.68. The monoisotopic (exact) mass is 372 g/mol. The van der Waals surface area contributed by atoms with E-state index in [1.54, 1.807) is 0 Å². The number of methoxy groups -OCH3 is 1. The fourth-order valence-electron chi connectivity index (χ4n) is 3.50. The third-order valence-corrected chi connectivity index (χ3v) is 6.02. The van der Waals surface area contributed by atoms with Crippen LogP contribution < -0.4 is 5.73 Å². The van der Waals surface area contributed by atoms with E-state index in [1.807, 2.05) is 24.3 Å². The Bertz CT molecular complexity index is 979. The van der Waals surface area contributed by atoms with E-state index in [9.17, 15) is 4.79 Å². The lowest BCUT2D eigenvalue weighted by atomic mass is 9.87. The average molecular weight is 373 g/mol. The highest BCUT2D eigenvalue weighted by atomic mass is 35.5. The van der Waals surface area contributed by atoms with E-state index in [2.05, 4.69) is 0 Å². The van der Waals surface area contributed by atoms with Gasteiger partial charge in [-0.2, -0.15) is 0 Å². The number of hydrogen-bond donors (Lipinski definition) is 1. The van der Waals surface area contributed by atoms with Crippen LogP contribution in [0.15, 0.2) is 24.3 Å². The van der Waals surface area contributed by atoms with E-state index < -0.39 is 5.97 Å². The van der Waals surface area contributed by atoms with Gasteiger partial charge in [0.05, 0.1) is 18.5 Å². The van der Waals surface area contributed by atoms with E-state index in [4.69, 9.17) is 27.1 Å². The van der Waals surface area contributed by atoms with Crippen LogP contribution in [-0.2, 0) is 17.6 Å². The fraction of sp³-hybridized carbons (Fsp3) is 0.263. The maximum Gasteiger partial charge on any atom is 0.350 e. The molecule has 0 aliphatic heterocycles. The Morgan fingerprint density at radius 2 is 1.88 bits per heavy atom. The van der Waals surface area contributed by atoms with Gasteiger partial charge in [0, 0.05) is 16.0 Å². The number of halogens is 1. The molecule has 0 fully saturated rings. The maximum absolute atomic E-state index is 12.0. The first-order chi connectivity index (χ1) is 12.1. The summed E-state index contributed by atoms with van der Waals surface area (Å²) in [6.45, 7) is 0. The number of anilines is 1. The molecule has 0 saturated heterocycles. The summed E-state index contributed by atoms with van der Waals surface area (Å²) in [4.78, 5) is 18.1. The lowest BCUT2D eigenvalue weighted by Gasteiger charge is -2.20. The number of benzene rings is 1. The van der Waals surface area contributed by atoms with E-state index >= 15 is 0 Å². The minimum absolute atomic E-state index is 0.405. The van der Waals surface area contributed by atoms with E-state index in [0.717, 1.165) is 47.2 Å². The van der Waals surface area contributed by atoms with Gasteiger partial charge in [0.25, 0.3) is 0 Å². The zero-order chi connectivity index (χ0) is 17.6. The first kappa shape index (κ1) is 16.4. The van der Waals surface area contributed by atoms with Gasteiger partial charge in [0.15, 0.2) is 0 Å². The van der Waals surface area contributed by atoms with E-state index in [-0.39, 0.29) is 0 Å². The number of aromatic nitrogens is 1. The average Bonchev–Trinajstić information content (AvgIpc) is 2.98. The molecule has 0 bridgehead atoms. The van der Waals surface area contributed by atoms with E-state index in [0.29, 0.717) is 15.6 Å². The molecule has 2 aromatic heterocycles. The molecule has 0 spiro atoms. The van der Waals surface area contributed by atoms with E-state index in [1.165, 1.54) is 29.6 Å². The molecule has 25 heavy (non-hydrogen) atoms. The fourth-order valence-corrected chi connectivity index (χ4v) is 4.67. The number of nitrogens with zero attached hydrogens (tertiary/aromatic N) is 1. The molecule has 0 amide bonds. The molecule has 2 heterocycles. The second kappa shape index (κ2) is 6.32. The van der Waals surface area contributed by atoms with Crippen LogP contribution in [0.3, 0.4) is 0 Å². The summed E-state index contributed by atoms with van der Waals surface area (Å²) in [5, 5.41) is 1.63. The molecule has 6 heteroatoms. The summed E-state index contributed by atoms with van der Waals surface area (Å²) in [7, 11) is 1.37. The lowest BCUT2D eigenvalue weighted by molar-refractivity contribution is 0.0607. The number of thiophene rings is 1. The van der Waals surface area contributed by atoms with Crippen molar-refractivity contribution in [2.24, 2.45) is 0 Å². The third-order valence-electron chi connectivity index (χ3n) is 4.68. The second-order valence-electron chi connectivity index (χ2n) is 6.15. The summed E-state index contributed by atoms with van der Waals surface area (Å²) in [5.74, 6) is -0.405. The summed E-state index contributed by atoms with van der Waals surface area (Å²) >= 11 is 7.33. The van der Waals surface area contributed by atoms with Gasteiger partial charge in [0.2, 0.25) is 0 Å². The van der Waals surface area contributed by atoms with Crippen LogP contribution in [0, 0.1) is 0 Å². The molecule has 4 rings (SSSR count). The van der Waals surface area contributed by atoms with Gasteiger partial charge in [-0.1, -0.05) is 23.7 Å². The van der Waals surface area contributed by atoms with Crippen molar-refractivity contribution >= 4 is 44.8 Å². The molecule has 0 radical (unpaired) electrons. The van der Waals surface area contributed by atoms with Crippen LogP contribution in [0.1, 0.15) is 33.6 Å². The molecule has 0 saturated carbocycles. The lowest BCUT2D eigenvalue weighted by Crippen LogP contribution is -2.08. The first-order valence-corrected chi connectivity index (χ1v) is 9.37. The van der Waals surface area contributed by atoms with Gasteiger partial charge in [-0.15, -0.1) is 11.3 Å². The van der Waals surface area contributed by atoms with Crippen molar-refractivity contribution in [3.8, 4) is 11.3 Å². The van der Waals surface area contributed by atoms with Gasteiger partial charge in [0.1, 0.15) is 9.71 Å². The highest BCUT2D eigenvalue weighted by Gasteiger charge is 2.25. The Kier molecular flexibility index (Phi) is 4.13. The number of ether oxygens (including phenoxy) is 1. The summed E-state index contributed by atoms with van der Waals surface area (Å²) in [6, 6.07) is 7.73. The smallest absolute Gasteiger partial charge is 0.350 e. The Morgan fingerprint density at radius 3 is 2.56 bits per heavy atom. The highest BCUT2D eigenvalue weighted by Crippen LogP contribution is 2.42. The summed E-state index contributed by atoms with van der Waals surface area (Å²) in [6.07, 6.45) is 4.18. The highest BCUT2D eigenvalue weighted by molar-refractivity contribution is 7.21. The number of fused-ring (bicyclic) bond motifs is 3. The number of carbonyl (C=O) groups excluding carboxylic acids is 1. The largest absolute Gasteiger partial charge is 0.465 e. The number of rotatable bonds is 2. The van der Waals surface area contributed by atoms with Crippen LogP contribution in [0.5, 0.6) is 0 Å². The number of pyridine rings is 1. The summed E-state index contributed by atoms with van der Waals surface area (Å²) in [5.41, 5.74) is 11.3. The van der Waals surface area contributed by atoms with Gasteiger partial charge in [-0.25, -0.2) is 9.78 Å². The molecule has 1 aromatic carbocycles. The maximum atomic E-state index is 12.0. The standard InChI is InChI=1S/C19H17ClN2O2S/c1-24-19(23)17-15(21)14-12-4-2-3-5-13(12)16(22-18(14)25-17)10-6-8-11(20)9-7-10/h6-9H,2-5,21H2,1H3. The topological polar surface area (TPSA) is 65.2 Å². The van der Waals surface area contributed by atoms with Gasteiger partial charge in [-0.05, 0) is 48.9 Å². The molecular formula is C19H17ClN2O2S. The Morgan fingerprint density at radius 1 is 1.20 bits per heavy atom. The zero-order valence-electron chi connectivity index (χ0n) is 13.8. The van der Waals surface area contributed by atoms with Crippen LogP contribution in [0.2, 0.25) is 5.02 Å². The number of nitrogens with two attached hydrogens (primary N) is 1. The van der Waals surface area contributed by atoms with Gasteiger partial charge < -0.3 is 10.5 Å². The number of nitrogen functional groups attached to an aromatic ring is 1. The van der Waals surface area contributed by atoms with Crippen molar-refractivity contribution in [1.29, 1.82) is 0 Å². The van der Waals surface area contributed by atoms with Crippen LogP contribution in [0.25, 0.3) is 21.5 Å². The summed E-state index contributed by atoms with van der Waals surface area (Å²) < 4.78 is 4.87. The molecule has 3 aromatic rings. The van der Waals surface area contributed by atoms with Crippen molar-refractivity contribution in [3.05, 3.63) is 45.3 Å². The van der Waals surface area contributed by atoms with Crippen molar-refractivity contribution in [2.45, 2.75) is 25.7 Å². The van der Waals surface area contributed by atoms with Crippen molar-refractivity contribution in [2.75, 3.05) is 12.8 Å². The molecule has 4 nitrogen and oxygen atoms in total. The zero-order valence-corrected chi connectivity index (χ0v) is 15.3. The molecule has 1 aliphatic carbocycles. The number of hydrogen-bond acceptors (Lipinski definition) is 5. The first-order valence-electron chi connectivity index (χ1n) is 8.18. The number of esters is 1. The molecule has 2 N–H and O–H groups in total. The molecular weight excluding hydrogens is 356 g/mol. The van der Waals surface area contributed by atoms with Crippen molar-refractivity contribution in [1.82, 2.24) is 4.98 Å². The minimum atomic E-state index is -0.405. The number of carbonyl (C=O) groups is 1. The SMILES string of the molecule is COC(=O)c1sc2nc(-c3ccc(Cl)cc3)c3c(c2c1N)CCCC3. The van der Waals surface area contributed by atoms with Crippen LogP contribution in [-0.4, -0.2) is 18.1 Å². The Balaban J connectivity index is 2.01. The molecule has 0 atom stereocenters. The molecule has 0 unspecified atom stereocenters. The van der Waals surface area contributed by atoms with Gasteiger partial charge >= 0.3 is 5.97 Å². The quantitative estimate of drug-likeness (QED) is 0.652. The second-order valence-corrected chi connectivity index (χ2v) is 7.58. The number of aryl methyl sites for hydroxylation is 1. The molecule has 128 valence electrons.